The van der Waals surface area contributed by atoms with Gasteiger partial charge < -0.3 is 14.3 Å². The van der Waals surface area contributed by atoms with Crippen LogP contribution in [0.15, 0.2) is 15.9 Å². The topological polar surface area (TPSA) is 89.6 Å². The van der Waals surface area contributed by atoms with Crippen LogP contribution in [0.25, 0.3) is 0 Å². The quantitative estimate of drug-likeness (QED) is 0.651. The molecule has 0 aliphatic carbocycles. The number of carbonyl (C=O) groups is 2. The van der Waals surface area contributed by atoms with Gasteiger partial charge in [0.05, 0.1) is 0 Å². The van der Waals surface area contributed by atoms with E-state index in [9.17, 15) is 9.59 Å². The summed E-state index contributed by atoms with van der Waals surface area (Å²) >= 11 is 0.992. The molecule has 6 nitrogen and oxygen atoms in total. The fourth-order valence-corrected chi connectivity index (χ4v) is 1.49. The molecule has 1 N–H and O–H groups in total. The van der Waals surface area contributed by atoms with Crippen LogP contribution in [0.5, 0.6) is 0 Å². The Bertz CT molecular complexity index is 421. The van der Waals surface area contributed by atoms with Gasteiger partial charge in [0.2, 0.25) is 0 Å². The van der Waals surface area contributed by atoms with Crippen molar-refractivity contribution >= 4 is 23.7 Å². The minimum Gasteiger partial charge on any atom is -0.476 e. The maximum atomic E-state index is 11.3. The van der Waals surface area contributed by atoms with E-state index in [1.165, 1.54) is 0 Å². The second kappa shape index (κ2) is 5.22. The molecule has 1 rings (SSSR count). The van der Waals surface area contributed by atoms with Crippen molar-refractivity contribution in [1.82, 2.24) is 4.98 Å². The molecule has 94 valence electrons. The number of thioether (sulfide) groups is 1. The third-order valence-electron chi connectivity index (χ3n) is 1.44. The standard InChI is InChI=1S/C10H13NO5S/c1-10(2,3)16-7(12)5-17-9-11-6(4-15-9)8(13)14/h4H,5H2,1-3H3,(H,13,14). The molecule has 0 aliphatic rings. The monoisotopic (exact) mass is 259 g/mol. The summed E-state index contributed by atoms with van der Waals surface area (Å²) in [6, 6.07) is 0. The predicted molar refractivity (Wildman–Crippen MR) is 60.0 cm³/mol. The Morgan fingerprint density at radius 2 is 2.18 bits per heavy atom. The van der Waals surface area contributed by atoms with Gasteiger partial charge in [-0.1, -0.05) is 11.8 Å². The molecule has 7 heteroatoms. The fraction of sp³-hybridized carbons (Fsp3) is 0.500. The Balaban J connectivity index is 2.45. The molecule has 0 amide bonds. The van der Waals surface area contributed by atoms with Gasteiger partial charge in [0.1, 0.15) is 17.6 Å². The van der Waals surface area contributed by atoms with E-state index in [1.54, 1.807) is 20.8 Å². The number of hydrogen-bond donors (Lipinski definition) is 1. The molecule has 0 radical (unpaired) electrons. The highest BCUT2D eigenvalue weighted by Crippen LogP contribution is 2.18. The Morgan fingerprint density at radius 3 is 2.65 bits per heavy atom. The van der Waals surface area contributed by atoms with Crippen LogP contribution in [0.2, 0.25) is 0 Å². The molecule has 0 saturated carbocycles. The number of esters is 1. The van der Waals surface area contributed by atoms with Gasteiger partial charge in [-0.05, 0) is 20.8 Å². The highest BCUT2D eigenvalue weighted by atomic mass is 32.2. The summed E-state index contributed by atoms with van der Waals surface area (Å²) in [6.45, 7) is 5.30. The largest absolute Gasteiger partial charge is 0.476 e. The number of aromatic carboxylic acids is 1. The van der Waals surface area contributed by atoms with E-state index in [2.05, 4.69) is 4.98 Å². The summed E-state index contributed by atoms with van der Waals surface area (Å²) in [6.07, 6.45) is 1.03. The lowest BCUT2D eigenvalue weighted by Crippen LogP contribution is -2.24. The van der Waals surface area contributed by atoms with Crippen molar-refractivity contribution in [3.05, 3.63) is 12.0 Å². The first-order chi connectivity index (χ1) is 7.78. The van der Waals surface area contributed by atoms with Gasteiger partial charge in [-0.25, -0.2) is 4.79 Å². The lowest BCUT2D eigenvalue weighted by molar-refractivity contribution is -0.151. The van der Waals surface area contributed by atoms with Gasteiger partial charge in [0.15, 0.2) is 5.69 Å². The molecule has 0 aliphatic heterocycles. The number of carboxylic acid groups (broad SMARTS) is 1. The zero-order valence-corrected chi connectivity index (χ0v) is 10.5. The van der Waals surface area contributed by atoms with Crippen molar-refractivity contribution in [2.45, 2.75) is 31.6 Å². The smallest absolute Gasteiger partial charge is 0.357 e. The number of hydrogen-bond acceptors (Lipinski definition) is 6. The van der Waals surface area contributed by atoms with E-state index in [-0.39, 0.29) is 16.7 Å². The lowest BCUT2D eigenvalue weighted by Gasteiger charge is -2.18. The Kier molecular flexibility index (Phi) is 4.17. The van der Waals surface area contributed by atoms with Crippen LogP contribution in [0, 0.1) is 0 Å². The van der Waals surface area contributed by atoms with E-state index >= 15 is 0 Å². The minimum atomic E-state index is -1.17. The van der Waals surface area contributed by atoms with Gasteiger partial charge in [0, 0.05) is 0 Å². The summed E-state index contributed by atoms with van der Waals surface area (Å²) in [5.41, 5.74) is -0.725. The Hall–Kier alpha value is -1.50. The number of aromatic nitrogens is 1. The van der Waals surface area contributed by atoms with E-state index in [0.29, 0.717) is 0 Å². The molecule has 0 aromatic carbocycles. The van der Waals surface area contributed by atoms with Crippen molar-refractivity contribution in [2.75, 3.05) is 5.75 Å². The third-order valence-corrected chi connectivity index (χ3v) is 2.25. The van der Waals surface area contributed by atoms with Crippen LogP contribution in [0.1, 0.15) is 31.3 Å². The molecule has 1 heterocycles. The average Bonchev–Trinajstić information content (AvgIpc) is 2.60. The summed E-state index contributed by atoms with van der Waals surface area (Å²) in [4.78, 5) is 25.5. The second-order valence-electron chi connectivity index (χ2n) is 4.18. The highest BCUT2D eigenvalue weighted by molar-refractivity contribution is 7.99. The number of nitrogens with zero attached hydrogens (tertiary/aromatic N) is 1. The van der Waals surface area contributed by atoms with Gasteiger partial charge in [-0.2, -0.15) is 4.98 Å². The van der Waals surface area contributed by atoms with Crippen LogP contribution in [-0.4, -0.2) is 33.4 Å². The molecule has 0 unspecified atom stereocenters. The molecular formula is C10H13NO5S. The summed E-state index contributed by atoms with van der Waals surface area (Å²) in [5.74, 6) is -1.55. The lowest BCUT2D eigenvalue weighted by atomic mass is 10.2. The maximum Gasteiger partial charge on any atom is 0.357 e. The maximum absolute atomic E-state index is 11.3. The molecule has 0 fully saturated rings. The van der Waals surface area contributed by atoms with E-state index in [4.69, 9.17) is 14.3 Å². The molecule has 0 bridgehead atoms. The van der Waals surface area contributed by atoms with Gasteiger partial charge in [0.25, 0.3) is 5.22 Å². The molecule has 0 atom stereocenters. The van der Waals surface area contributed by atoms with Crippen molar-refractivity contribution < 1.29 is 23.8 Å². The summed E-state index contributed by atoms with van der Waals surface area (Å²) in [5, 5.41) is 8.74. The number of rotatable bonds is 4. The van der Waals surface area contributed by atoms with Crippen LogP contribution in [0.3, 0.4) is 0 Å². The molecular weight excluding hydrogens is 246 g/mol. The van der Waals surface area contributed by atoms with Gasteiger partial charge in [-0.3, -0.25) is 4.79 Å². The molecule has 1 aromatic rings. The number of carboxylic acids is 1. The zero-order valence-electron chi connectivity index (χ0n) is 9.72. The number of carbonyl (C=O) groups excluding carboxylic acids is 1. The van der Waals surface area contributed by atoms with Crippen molar-refractivity contribution in [3.63, 3.8) is 0 Å². The molecule has 1 aromatic heterocycles. The second-order valence-corrected chi connectivity index (χ2v) is 5.11. The zero-order chi connectivity index (χ0) is 13.1. The molecule has 0 saturated heterocycles. The van der Waals surface area contributed by atoms with Crippen molar-refractivity contribution in [3.8, 4) is 0 Å². The van der Waals surface area contributed by atoms with Crippen LogP contribution >= 0.6 is 11.8 Å². The van der Waals surface area contributed by atoms with Crippen LogP contribution in [0.4, 0.5) is 0 Å². The average molecular weight is 259 g/mol. The third kappa shape index (κ3) is 4.90. The molecule has 0 spiro atoms. The minimum absolute atomic E-state index is 0.0246. The summed E-state index contributed by atoms with van der Waals surface area (Å²) < 4.78 is 9.94. The van der Waals surface area contributed by atoms with Gasteiger partial charge >= 0.3 is 11.9 Å². The van der Waals surface area contributed by atoms with Crippen molar-refractivity contribution in [1.29, 1.82) is 0 Å². The Morgan fingerprint density at radius 1 is 1.53 bits per heavy atom. The first kappa shape index (κ1) is 13.6. The first-order valence-corrected chi connectivity index (χ1v) is 5.80. The number of ether oxygens (including phenoxy) is 1. The first-order valence-electron chi connectivity index (χ1n) is 4.81. The van der Waals surface area contributed by atoms with Gasteiger partial charge in [-0.15, -0.1) is 0 Å². The predicted octanol–water partition coefficient (Wildman–Crippen LogP) is 1.81. The van der Waals surface area contributed by atoms with E-state index in [1.807, 2.05) is 0 Å². The van der Waals surface area contributed by atoms with E-state index < -0.39 is 17.5 Å². The fourth-order valence-electron chi connectivity index (χ4n) is 0.913. The van der Waals surface area contributed by atoms with Crippen LogP contribution in [-0.2, 0) is 9.53 Å². The van der Waals surface area contributed by atoms with Crippen molar-refractivity contribution in [2.24, 2.45) is 0 Å². The number of oxazole rings is 1. The summed E-state index contributed by atoms with van der Waals surface area (Å²) in [7, 11) is 0. The van der Waals surface area contributed by atoms with Crippen LogP contribution < -0.4 is 0 Å². The SMILES string of the molecule is CC(C)(C)OC(=O)CSc1nc(C(=O)O)co1. The Labute approximate surface area is 102 Å². The molecule has 17 heavy (non-hydrogen) atoms. The normalized spacial score (nSPS) is 11.2. The van der Waals surface area contributed by atoms with E-state index in [0.717, 1.165) is 18.0 Å². The highest BCUT2D eigenvalue weighted by Gasteiger charge is 2.18.